The summed E-state index contributed by atoms with van der Waals surface area (Å²) in [5.41, 5.74) is 1.94. The first-order valence-electron chi connectivity index (χ1n) is 6.67. The lowest BCUT2D eigenvalue weighted by Gasteiger charge is -2.21. The molecule has 1 aromatic carbocycles. The first-order chi connectivity index (χ1) is 9.17. The molecule has 4 heteroatoms. The summed E-state index contributed by atoms with van der Waals surface area (Å²) in [6, 6.07) is 9.64. The van der Waals surface area contributed by atoms with Gasteiger partial charge < -0.3 is 10.2 Å². The van der Waals surface area contributed by atoms with E-state index < -0.39 is 0 Å². The molecule has 0 aliphatic carbocycles. The minimum atomic E-state index is -0.132. The molecule has 0 fully saturated rings. The van der Waals surface area contributed by atoms with Gasteiger partial charge in [-0.3, -0.25) is 0 Å². The predicted molar refractivity (Wildman–Crippen MR) is 76.9 cm³/mol. The molecule has 0 aliphatic heterocycles. The highest BCUT2D eigenvalue weighted by molar-refractivity contribution is 5.89. The van der Waals surface area contributed by atoms with Crippen molar-refractivity contribution in [3.63, 3.8) is 0 Å². The van der Waals surface area contributed by atoms with Crippen LogP contribution in [0.1, 0.15) is 31.7 Å². The minimum absolute atomic E-state index is 0.132. The van der Waals surface area contributed by atoms with Crippen LogP contribution in [0.3, 0.4) is 0 Å². The normalized spacial score (nSPS) is 9.74. The maximum Gasteiger partial charge on any atom is 0.321 e. The Balaban J connectivity index is 2.59. The van der Waals surface area contributed by atoms with E-state index >= 15 is 0 Å². The quantitative estimate of drug-likeness (QED) is 0.849. The molecule has 0 aliphatic rings. The van der Waals surface area contributed by atoms with Crippen LogP contribution in [0.15, 0.2) is 24.3 Å². The largest absolute Gasteiger partial charge is 0.324 e. The van der Waals surface area contributed by atoms with Crippen molar-refractivity contribution in [1.82, 2.24) is 4.90 Å². The Morgan fingerprint density at radius 2 is 2.00 bits per heavy atom. The third kappa shape index (κ3) is 5.43. The second-order valence-electron chi connectivity index (χ2n) is 4.54. The molecular formula is C15H21N3O. The standard InChI is InChI=1S/C15H21N3O/c1-3-4-11-18(12-5-10-16)15(19)17-14-8-6-13(2)7-9-14/h6-9H,3-5,11-12H2,1-2H3,(H,17,19). The average Bonchev–Trinajstić information content (AvgIpc) is 2.41. The van der Waals surface area contributed by atoms with Gasteiger partial charge in [0.1, 0.15) is 0 Å². The fourth-order valence-electron chi connectivity index (χ4n) is 1.69. The zero-order valence-electron chi connectivity index (χ0n) is 11.6. The van der Waals surface area contributed by atoms with Gasteiger partial charge in [0.05, 0.1) is 12.5 Å². The number of benzene rings is 1. The van der Waals surface area contributed by atoms with Crippen molar-refractivity contribution < 1.29 is 4.79 Å². The van der Waals surface area contributed by atoms with Crippen LogP contribution in [0.25, 0.3) is 0 Å². The van der Waals surface area contributed by atoms with Crippen LogP contribution in [0, 0.1) is 18.3 Å². The van der Waals surface area contributed by atoms with Crippen molar-refractivity contribution in [2.75, 3.05) is 18.4 Å². The van der Waals surface area contributed by atoms with Gasteiger partial charge in [-0.25, -0.2) is 4.79 Å². The number of carbonyl (C=O) groups excluding carboxylic acids is 1. The van der Waals surface area contributed by atoms with Crippen molar-refractivity contribution in [3.8, 4) is 6.07 Å². The number of rotatable bonds is 6. The van der Waals surface area contributed by atoms with Crippen LogP contribution in [-0.4, -0.2) is 24.0 Å². The first-order valence-corrected chi connectivity index (χ1v) is 6.67. The lowest BCUT2D eigenvalue weighted by atomic mass is 10.2. The number of urea groups is 1. The summed E-state index contributed by atoms with van der Waals surface area (Å²) in [5.74, 6) is 0. The Morgan fingerprint density at radius 3 is 2.58 bits per heavy atom. The summed E-state index contributed by atoms with van der Waals surface area (Å²) in [5, 5.41) is 11.5. The van der Waals surface area contributed by atoms with Crippen LogP contribution < -0.4 is 5.32 Å². The maximum atomic E-state index is 12.1. The van der Waals surface area contributed by atoms with E-state index in [1.165, 1.54) is 0 Å². The van der Waals surface area contributed by atoms with E-state index in [0.29, 0.717) is 19.5 Å². The van der Waals surface area contributed by atoms with Crippen LogP contribution >= 0.6 is 0 Å². The van der Waals surface area contributed by atoms with E-state index in [2.05, 4.69) is 18.3 Å². The summed E-state index contributed by atoms with van der Waals surface area (Å²) in [7, 11) is 0. The van der Waals surface area contributed by atoms with Crippen LogP contribution in [0.4, 0.5) is 10.5 Å². The number of hydrogen-bond acceptors (Lipinski definition) is 2. The van der Waals surface area contributed by atoms with Crippen molar-refractivity contribution in [1.29, 1.82) is 5.26 Å². The van der Waals surface area contributed by atoms with Crippen molar-refractivity contribution in [2.45, 2.75) is 33.1 Å². The molecule has 102 valence electrons. The third-order valence-electron chi connectivity index (χ3n) is 2.87. The summed E-state index contributed by atoms with van der Waals surface area (Å²) in [6.45, 7) is 5.26. The fraction of sp³-hybridized carbons (Fsp3) is 0.467. The highest BCUT2D eigenvalue weighted by atomic mass is 16.2. The van der Waals surface area contributed by atoms with Gasteiger partial charge in [0.2, 0.25) is 0 Å². The number of nitriles is 1. The van der Waals surface area contributed by atoms with Crippen molar-refractivity contribution in [2.24, 2.45) is 0 Å². The number of nitrogens with one attached hydrogen (secondary N) is 1. The van der Waals surface area contributed by atoms with Gasteiger partial charge in [-0.15, -0.1) is 0 Å². The Labute approximate surface area is 115 Å². The fourth-order valence-corrected chi connectivity index (χ4v) is 1.69. The van der Waals surface area contributed by atoms with Gasteiger partial charge in [-0.1, -0.05) is 31.0 Å². The van der Waals surface area contributed by atoms with Gasteiger partial charge in [0.25, 0.3) is 0 Å². The molecule has 0 unspecified atom stereocenters. The molecule has 1 rings (SSSR count). The number of aryl methyl sites for hydroxylation is 1. The summed E-state index contributed by atoms with van der Waals surface area (Å²) < 4.78 is 0. The lowest BCUT2D eigenvalue weighted by molar-refractivity contribution is 0.212. The summed E-state index contributed by atoms with van der Waals surface area (Å²) in [4.78, 5) is 13.8. The Morgan fingerprint density at radius 1 is 1.32 bits per heavy atom. The molecule has 19 heavy (non-hydrogen) atoms. The highest BCUT2D eigenvalue weighted by Gasteiger charge is 2.12. The Hall–Kier alpha value is -2.02. The molecular weight excluding hydrogens is 238 g/mol. The molecule has 0 saturated carbocycles. The van der Waals surface area contributed by atoms with Crippen molar-refractivity contribution in [3.05, 3.63) is 29.8 Å². The van der Waals surface area contributed by atoms with E-state index in [1.54, 1.807) is 4.90 Å². The number of nitrogens with zero attached hydrogens (tertiary/aromatic N) is 2. The second-order valence-corrected chi connectivity index (χ2v) is 4.54. The molecule has 0 saturated heterocycles. The topological polar surface area (TPSA) is 56.1 Å². The van der Waals surface area contributed by atoms with Gasteiger partial charge >= 0.3 is 6.03 Å². The molecule has 0 atom stereocenters. The van der Waals surface area contributed by atoms with Crippen molar-refractivity contribution >= 4 is 11.7 Å². The molecule has 0 radical (unpaired) electrons. The number of amides is 2. The molecule has 0 bridgehead atoms. The zero-order chi connectivity index (χ0) is 14.1. The zero-order valence-corrected chi connectivity index (χ0v) is 11.6. The number of anilines is 1. The monoisotopic (exact) mass is 259 g/mol. The predicted octanol–water partition coefficient (Wildman–Crippen LogP) is 3.54. The molecule has 0 aromatic heterocycles. The van der Waals surface area contributed by atoms with Gasteiger partial charge in [-0.05, 0) is 25.5 Å². The smallest absolute Gasteiger partial charge is 0.321 e. The van der Waals surface area contributed by atoms with Crippen LogP contribution in [-0.2, 0) is 0 Å². The third-order valence-corrected chi connectivity index (χ3v) is 2.87. The SMILES string of the molecule is CCCCN(CCC#N)C(=O)Nc1ccc(C)cc1. The van der Waals surface area contributed by atoms with Gasteiger partial charge in [0, 0.05) is 18.8 Å². The number of unbranched alkanes of at least 4 members (excludes halogenated alkanes) is 1. The molecule has 4 nitrogen and oxygen atoms in total. The Kier molecular flexibility index (Phi) is 6.45. The lowest BCUT2D eigenvalue weighted by Crippen LogP contribution is -2.36. The molecule has 2 amide bonds. The van der Waals surface area contributed by atoms with E-state index in [9.17, 15) is 4.79 Å². The second kappa shape index (κ2) is 8.15. The summed E-state index contributed by atoms with van der Waals surface area (Å²) >= 11 is 0. The molecule has 1 aromatic rings. The molecule has 0 heterocycles. The number of carbonyl (C=O) groups is 1. The van der Waals surface area contributed by atoms with Gasteiger partial charge in [0.15, 0.2) is 0 Å². The number of hydrogen-bond donors (Lipinski definition) is 1. The van der Waals surface area contributed by atoms with E-state index in [-0.39, 0.29) is 6.03 Å². The first kappa shape index (κ1) is 15.0. The average molecular weight is 259 g/mol. The van der Waals surface area contributed by atoms with E-state index in [0.717, 1.165) is 24.1 Å². The van der Waals surface area contributed by atoms with E-state index in [4.69, 9.17) is 5.26 Å². The summed E-state index contributed by atoms with van der Waals surface area (Å²) in [6.07, 6.45) is 2.35. The highest BCUT2D eigenvalue weighted by Crippen LogP contribution is 2.10. The van der Waals surface area contributed by atoms with Crippen LogP contribution in [0.2, 0.25) is 0 Å². The minimum Gasteiger partial charge on any atom is -0.324 e. The maximum absolute atomic E-state index is 12.1. The Bertz CT molecular complexity index is 434. The molecule has 0 spiro atoms. The van der Waals surface area contributed by atoms with Crippen LogP contribution in [0.5, 0.6) is 0 Å². The van der Waals surface area contributed by atoms with E-state index in [1.807, 2.05) is 31.2 Å². The molecule has 1 N–H and O–H groups in total. The van der Waals surface area contributed by atoms with Gasteiger partial charge in [-0.2, -0.15) is 5.26 Å².